The molecule has 13 heavy (non-hydrogen) atoms. The Morgan fingerprint density at radius 2 is 1.69 bits per heavy atom. The molecule has 0 amide bonds. The average Bonchev–Trinajstić information content (AvgIpc) is 2.67. The van der Waals surface area contributed by atoms with Gasteiger partial charge >= 0.3 is 5.97 Å². The van der Waals surface area contributed by atoms with Crippen LogP contribution in [0.25, 0.3) is 0 Å². The van der Waals surface area contributed by atoms with Crippen LogP contribution < -0.4 is 0 Å². The van der Waals surface area contributed by atoms with Crippen molar-refractivity contribution < 1.29 is 9.90 Å². The number of allylic oxidation sites excluding steroid dienone is 2. The Hall–Kier alpha value is -0.790. The van der Waals surface area contributed by atoms with E-state index in [4.69, 9.17) is 5.11 Å². The fourth-order valence-corrected chi connectivity index (χ4v) is 1.72. The molecule has 1 N–H and O–H groups in total. The fraction of sp³-hybridized carbons (Fsp3) is 0.727. The quantitative estimate of drug-likeness (QED) is 0.633. The van der Waals surface area contributed by atoms with E-state index in [9.17, 15) is 4.79 Å². The van der Waals surface area contributed by atoms with Crippen molar-refractivity contribution in [3.8, 4) is 0 Å². The second kappa shape index (κ2) is 4.45. The predicted octanol–water partition coefficient (Wildman–Crippen LogP) is 2.70. The van der Waals surface area contributed by atoms with E-state index >= 15 is 0 Å². The molecule has 2 aliphatic carbocycles. The van der Waals surface area contributed by atoms with Gasteiger partial charge in [-0.1, -0.05) is 26.0 Å². The molecule has 2 rings (SSSR count). The summed E-state index contributed by atoms with van der Waals surface area (Å²) in [5.74, 6) is 1.01. The number of carbonyl (C=O) groups is 1. The van der Waals surface area contributed by atoms with Crippen LogP contribution in [0.5, 0.6) is 0 Å². The van der Waals surface area contributed by atoms with E-state index in [1.165, 1.54) is 19.3 Å². The van der Waals surface area contributed by atoms with Gasteiger partial charge < -0.3 is 5.11 Å². The van der Waals surface area contributed by atoms with Gasteiger partial charge in [0.05, 0.1) is 5.92 Å². The molecular formula is C11H18O2. The molecule has 2 heteroatoms. The molecule has 0 heterocycles. The van der Waals surface area contributed by atoms with Crippen molar-refractivity contribution in [2.45, 2.75) is 33.1 Å². The van der Waals surface area contributed by atoms with Gasteiger partial charge in [-0.3, -0.25) is 4.79 Å². The van der Waals surface area contributed by atoms with Crippen molar-refractivity contribution in [3.63, 3.8) is 0 Å². The number of hydrogen-bond donors (Lipinski definition) is 1. The smallest absolute Gasteiger partial charge is 0.305 e. The van der Waals surface area contributed by atoms with Crippen LogP contribution in [0.15, 0.2) is 12.2 Å². The van der Waals surface area contributed by atoms with E-state index in [0.29, 0.717) is 0 Å². The zero-order chi connectivity index (χ0) is 9.84. The molecule has 0 aliphatic heterocycles. The van der Waals surface area contributed by atoms with Gasteiger partial charge in [0.2, 0.25) is 0 Å². The summed E-state index contributed by atoms with van der Waals surface area (Å²) >= 11 is 0. The Kier molecular flexibility index (Phi) is 3.52. The first-order valence-corrected chi connectivity index (χ1v) is 5.00. The summed E-state index contributed by atoms with van der Waals surface area (Å²) in [6.45, 7) is 3.28. The summed E-state index contributed by atoms with van der Waals surface area (Å²) in [7, 11) is 0. The van der Waals surface area contributed by atoms with Crippen LogP contribution in [-0.2, 0) is 4.79 Å². The first-order chi connectivity index (χ1) is 6.09. The van der Waals surface area contributed by atoms with Crippen LogP contribution in [0.2, 0.25) is 0 Å². The molecular weight excluding hydrogens is 164 g/mol. The van der Waals surface area contributed by atoms with Crippen LogP contribution in [0, 0.1) is 17.8 Å². The minimum atomic E-state index is -0.741. The van der Waals surface area contributed by atoms with Crippen molar-refractivity contribution >= 4 is 5.97 Å². The molecule has 1 fully saturated rings. The highest BCUT2D eigenvalue weighted by Gasteiger charge is 2.25. The highest BCUT2D eigenvalue weighted by molar-refractivity contribution is 5.68. The fourth-order valence-electron chi connectivity index (χ4n) is 1.72. The van der Waals surface area contributed by atoms with Gasteiger partial charge in [0.1, 0.15) is 0 Å². The zero-order valence-corrected chi connectivity index (χ0v) is 8.36. The maximum atomic E-state index is 9.70. The van der Waals surface area contributed by atoms with Gasteiger partial charge in [0.25, 0.3) is 0 Å². The van der Waals surface area contributed by atoms with Crippen molar-refractivity contribution in [2.75, 3.05) is 0 Å². The number of carboxylic acid groups (broad SMARTS) is 1. The first-order valence-electron chi connectivity index (χ1n) is 5.00. The van der Waals surface area contributed by atoms with E-state index < -0.39 is 5.97 Å². The second-order valence-corrected chi connectivity index (χ2v) is 4.21. The third kappa shape index (κ3) is 3.21. The molecule has 2 aliphatic rings. The van der Waals surface area contributed by atoms with Crippen molar-refractivity contribution in [2.24, 2.45) is 17.8 Å². The molecule has 1 saturated carbocycles. The number of fused-ring (bicyclic) bond motifs is 2. The number of hydrogen-bond acceptors (Lipinski definition) is 1. The zero-order valence-electron chi connectivity index (χ0n) is 8.36. The Bertz CT molecular complexity index is 194. The van der Waals surface area contributed by atoms with Crippen LogP contribution in [0.4, 0.5) is 0 Å². The maximum Gasteiger partial charge on any atom is 0.305 e. The second-order valence-electron chi connectivity index (χ2n) is 4.21. The summed E-state index contributed by atoms with van der Waals surface area (Å²) in [5, 5.41) is 7.99. The number of aliphatic carboxylic acids is 1. The van der Waals surface area contributed by atoms with Crippen LogP contribution in [-0.4, -0.2) is 11.1 Å². The monoisotopic (exact) mass is 182 g/mol. The standard InChI is InChI=1S/C7H10.C4H8O2/c1-2-7-4-3-6(1)5-7;1-3(2)4(5)6/h1-2,6-7H,3-5H2;3H,1-2H3,(H,5,6). The average molecular weight is 182 g/mol. The Balaban J connectivity index is 0.000000133. The predicted molar refractivity (Wildman–Crippen MR) is 52.4 cm³/mol. The SMILES string of the molecule is C1=CC2CCC1C2.CC(C)C(=O)O. The van der Waals surface area contributed by atoms with E-state index in [1.807, 2.05) is 0 Å². The molecule has 2 nitrogen and oxygen atoms in total. The van der Waals surface area contributed by atoms with E-state index in [0.717, 1.165) is 11.8 Å². The van der Waals surface area contributed by atoms with Gasteiger partial charge in [-0.05, 0) is 31.1 Å². The Labute approximate surface area is 79.6 Å². The summed E-state index contributed by atoms with van der Waals surface area (Å²) in [6, 6.07) is 0. The summed E-state index contributed by atoms with van der Waals surface area (Å²) < 4.78 is 0. The lowest BCUT2D eigenvalue weighted by molar-refractivity contribution is -0.140. The summed E-state index contributed by atoms with van der Waals surface area (Å²) in [4.78, 5) is 9.70. The van der Waals surface area contributed by atoms with Gasteiger partial charge in [-0.2, -0.15) is 0 Å². The summed E-state index contributed by atoms with van der Waals surface area (Å²) in [6.07, 6.45) is 9.19. The third-order valence-corrected chi connectivity index (χ3v) is 2.66. The van der Waals surface area contributed by atoms with Crippen molar-refractivity contribution in [1.29, 1.82) is 0 Å². The minimum absolute atomic E-state index is 0.231. The van der Waals surface area contributed by atoms with Crippen LogP contribution >= 0.6 is 0 Å². The topological polar surface area (TPSA) is 37.3 Å². The molecule has 0 saturated heterocycles. The number of carboxylic acids is 1. The largest absolute Gasteiger partial charge is 0.481 e. The van der Waals surface area contributed by atoms with Gasteiger partial charge in [0.15, 0.2) is 0 Å². The first kappa shape index (κ1) is 10.3. The van der Waals surface area contributed by atoms with Crippen molar-refractivity contribution in [1.82, 2.24) is 0 Å². The lowest BCUT2D eigenvalue weighted by atomic mass is 10.1. The van der Waals surface area contributed by atoms with E-state index in [-0.39, 0.29) is 5.92 Å². The van der Waals surface area contributed by atoms with Gasteiger partial charge in [-0.15, -0.1) is 0 Å². The Morgan fingerprint density at radius 1 is 1.31 bits per heavy atom. The summed E-state index contributed by atoms with van der Waals surface area (Å²) in [5.41, 5.74) is 0. The lowest BCUT2D eigenvalue weighted by Crippen LogP contribution is -2.03. The molecule has 74 valence electrons. The van der Waals surface area contributed by atoms with Gasteiger partial charge in [-0.25, -0.2) is 0 Å². The molecule has 0 aromatic heterocycles. The molecule has 0 radical (unpaired) electrons. The molecule has 2 unspecified atom stereocenters. The third-order valence-electron chi connectivity index (χ3n) is 2.66. The van der Waals surface area contributed by atoms with E-state index in [1.54, 1.807) is 13.8 Å². The Morgan fingerprint density at radius 3 is 1.77 bits per heavy atom. The number of rotatable bonds is 1. The molecule has 0 aromatic rings. The van der Waals surface area contributed by atoms with Gasteiger partial charge in [0, 0.05) is 0 Å². The molecule has 0 spiro atoms. The maximum absolute atomic E-state index is 9.70. The van der Waals surface area contributed by atoms with Crippen LogP contribution in [0.3, 0.4) is 0 Å². The van der Waals surface area contributed by atoms with E-state index in [2.05, 4.69) is 12.2 Å². The highest BCUT2D eigenvalue weighted by atomic mass is 16.4. The van der Waals surface area contributed by atoms with Crippen LogP contribution in [0.1, 0.15) is 33.1 Å². The normalized spacial score (nSPS) is 28.8. The molecule has 0 aromatic carbocycles. The lowest BCUT2D eigenvalue weighted by Gasteiger charge is -1.96. The molecule has 2 bridgehead atoms. The van der Waals surface area contributed by atoms with Crippen molar-refractivity contribution in [3.05, 3.63) is 12.2 Å². The molecule has 2 atom stereocenters. The highest BCUT2D eigenvalue weighted by Crippen LogP contribution is 2.38. The minimum Gasteiger partial charge on any atom is -0.481 e.